The molecule has 0 amide bonds. The smallest absolute Gasteiger partial charge is 0.137 e. The summed E-state index contributed by atoms with van der Waals surface area (Å²) in [7, 11) is 0. The highest BCUT2D eigenvalue weighted by atomic mass is 16.3. The van der Waals surface area contributed by atoms with Gasteiger partial charge in [0.05, 0.1) is 12.2 Å². The molecule has 23 heavy (non-hydrogen) atoms. The lowest BCUT2D eigenvalue weighted by molar-refractivity contribution is -0.191. The maximum absolute atomic E-state index is 12.8. The van der Waals surface area contributed by atoms with Crippen LogP contribution in [0.15, 0.2) is 12.7 Å². The van der Waals surface area contributed by atoms with E-state index in [0.29, 0.717) is 24.5 Å². The average molecular weight is 320 g/mol. The minimum absolute atomic E-state index is 0.0428. The molecule has 2 bridgehead atoms. The topological polar surface area (TPSA) is 57.5 Å². The molecule has 3 rings (SSSR count). The molecule has 0 aromatic carbocycles. The molecule has 0 aromatic heterocycles. The van der Waals surface area contributed by atoms with Crippen LogP contribution in [0.3, 0.4) is 0 Å². The van der Waals surface area contributed by atoms with Gasteiger partial charge in [0.15, 0.2) is 0 Å². The lowest BCUT2D eigenvalue weighted by Crippen LogP contribution is -2.62. The molecule has 0 aliphatic heterocycles. The van der Waals surface area contributed by atoms with Crippen LogP contribution in [0.5, 0.6) is 0 Å². The van der Waals surface area contributed by atoms with Gasteiger partial charge in [0.25, 0.3) is 0 Å². The van der Waals surface area contributed by atoms with E-state index in [2.05, 4.69) is 27.4 Å². The van der Waals surface area contributed by atoms with E-state index >= 15 is 0 Å². The summed E-state index contributed by atoms with van der Waals surface area (Å²) < 4.78 is 0. The number of rotatable bonds is 1. The molecule has 3 aliphatic rings. The predicted molar refractivity (Wildman–Crippen MR) is 90.8 cm³/mol. The van der Waals surface area contributed by atoms with Gasteiger partial charge in [-0.05, 0) is 42.9 Å². The normalized spacial score (nSPS) is 56.6. The highest BCUT2D eigenvalue weighted by Crippen LogP contribution is 2.67. The van der Waals surface area contributed by atoms with Gasteiger partial charge in [-0.1, -0.05) is 33.8 Å². The monoisotopic (exact) mass is 320 g/mol. The molecule has 3 saturated carbocycles. The van der Waals surface area contributed by atoms with E-state index in [1.54, 1.807) is 0 Å². The van der Waals surface area contributed by atoms with Crippen LogP contribution >= 0.6 is 0 Å². The number of ketones is 1. The van der Waals surface area contributed by atoms with Crippen LogP contribution in [-0.2, 0) is 4.79 Å². The molecule has 3 aliphatic carbocycles. The quantitative estimate of drug-likeness (QED) is 0.729. The maximum Gasteiger partial charge on any atom is 0.137 e. The van der Waals surface area contributed by atoms with Gasteiger partial charge < -0.3 is 10.2 Å². The second kappa shape index (κ2) is 5.16. The van der Waals surface area contributed by atoms with Gasteiger partial charge in [0, 0.05) is 23.2 Å². The van der Waals surface area contributed by atoms with Crippen LogP contribution in [0.1, 0.15) is 59.8 Å². The van der Waals surface area contributed by atoms with Crippen molar-refractivity contribution >= 4 is 5.78 Å². The van der Waals surface area contributed by atoms with Crippen molar-refractivity contribution in [3.63, 3.8) is 0 Å². The highest BCUT2D eigenvalue weighted by Gasteiger charge is 2.67. The van der Waals surface area contributed by atoms with Crippen LogP contribution in [0.4, 0.5) is 0 Å². The number of carbonyl (C=O) groups excluding carboxylic acids is 1. The fourth-order valence-corrected chi connectivity index (χ4v) is 6.37. The molecule has 0 spiro atoms. The first-order chi connectivity index (χ1) is 10.6. The van der Waals surface area contributed by atoms with Crippen molar-refractivity contribution in [1.82, 2.24) is 0 Å². The highest BCUT2D eigenvalue weighted by molar-refractivity contribution is 5.85. The molecule has 3 fully saturated rings. The van der Waals surface area contributed by atoms with Crippen LogP contribution in [0.25, 0.3) is 0 Å². The van der Waals surface area contributed by atoms with Crippen molar-refractivity contribution in [3.8, 4) is 0 Å². The van der Waals surface area contributed by atoms with Crippen molar-refractivity contribution in [2.45, 2.75) is 72.0 Å². The van der Waals surface area contributed by atoms with Gasteiger partial charge in [0.2, 0.25) is 0 Å². The molecule has 0 unspecified atom stereocenters. The fourth-order valence-electron chi connectivity index (χ4n) is 6.37. The third-order valence-electron chi connectivity index (χ3n) is 8.33. The van der Waals surface area contributed by atoms with Crippen molar-refractivity contribution < 1.29 is 15.0 Å². The van der Waals surface area contributed by atoms with E-state index in [4.69, 9.17) is 0 Å². The Morgan fingerprint density at radius 3 is 2.48 bits per heavy atom. The fraction of sp³-hybridized carbons (Fsp3) is 0.850. The Hall–Kier alpha value is -0.670. The minimum Gasteiger partial charge on any atom is -0.392 e. The van der Waals surface area contributed by atoms with Crippen molar-refractivity contribution in [2.24, 2.45) is 34.0 Å². The van der Waals surface area contributed by atoms with E-state index < -0.39 is 23.0 Å². The van der Waals surface area contributed by atoms with Crippen LogP contribution in [0, 0.1) is 34.0 Å². The number of aliphatic hydroxyl groups excluding tert-OH is 2. The standard InChI is InChI=1S/C20H32O3/c1-6-18(4)11-15(22)19(5)12(2)7-9-20(13(3)17(18)23)10-8-14(21)16(19)20/h6,12-13,15-17,22-23H,1,7-11H2,2-5H3/t12-,13-,15+,16-,17-,18+,19-,20-/m0/s1. The molecule has 130 valence electrons. The molecule has 0 aromatic rings. The van der Waals surface area contributed by atoms with Crippen molar-refractivity contribution in [1.29, 1.82) is 0 Å². The molecule has 3 nitrogen and oxygen atoms in total. The number of carbonyl (C=O) groups is 1. The molecule has 0 saturated heterocycles. The van der Waals surface area contributed by atoms with Gasteiger partial charge in [-0.15, -0.1) is 6.58 Å². The zero-order valence-corrected chi connectivity index (χ0v) is 15.0. The molecular weight excluding hydrogens is 288 g/mol. The Balaban J connectivity index is 2.21. The predicted octanol–water partition coefficient (Wildman–Crippen LogP) is 3.34. The summed E-state index contributed by atoms with van der Waals surface area (Å²) in [4.78, 5) is 12.8. The first kappa shape index (κ1) is 17.2. The number of aliphatic hydroxyl groups is 2. The van der Waals surface area contributed by atoms with Gasteiger partial charge in [-0.3, -0.25) is 4.79 Å². The maximum atomic E-state index is 12.8. The minimum atomic E-state index is -0.589. The zero-order chi connectivity index (χ0) is 17.2. The Labute approximate surface area is 140 Å². The summed E-state index contributed by atoms with van der Waals surface area (Å²) in [6.45, 7) is 12.4. The number of hydrogen-bond acceptors (Lipinski definition) is 3. The van der Waals surface area contributed by atoms with Gasteiger partial charge in [-0.25, -0.2) is 0 Å². The van der Waals surface area contributed by atoms with Gasteiger partial charge in [-0.2, -0.15) is 0 Å². The number of Topliss-reactive ketones (excluding diaryl/α,β-unsaturated/α-hetero) is 1. The summed E-state index contributed by atoms with van der Waals surface area (Å²) in [5.74, 6) is 0.544. The summed E-state index contributed by atoms with van der Waals surface area (Å²) in [5, 5.41) is 22.3. The second-order valence-electron chi connectivity index (χ2n) is 9.10. The van der Waals surface area contributed by atoms with Gasteiger partial charge in [0.1, 0.15) is 5.78 Å². The molecule has 3 heteroatoms. The Kier molecular flexibility index (Phi) is 3.85. The van der Waals surface area contributed by atoms with E-state index in [1.165, 1.54) is 0 Å². The van der Waals surface area contributed by atoms with Gasteiger partial charge >= 0.3 is 0 Å². The van der Waals surface area contributed by atoms with Crippen molar-refractivity contribution in [2.75, 3.05) is 0 Å². The Morgan fingerprint density at radius 2 is 1.87 bits per heavy atom. The SMILES string of the molecule is C=C[C@]1(C)C[C@@H](O)[C@@]2(C)[C@@H]3C(=O)CC[C@@]3(CC[C@@H]2C)[C@@H](C)[C@@H]1O. The Morgan fingerprint density at radius 1 is 1.22 bits per heavy atom. The average Bonchev–Trinajstić information content (AvgIpc) is 2.87. The van der Waals surface area contributed by atoms with E-state index in [0.717, 1.165) is 19.3 Å². The van der Waals surface area contributed by atoms with E-state index in [1.807, 2.05) is 13.0 Å². The molecule has 0 heterocycles. The third kappa shape index (κ3) is 1.99. The number of hydrogen-bond donors (Lipinski definition) is 2. The molecule has 0 radical (unpaired) electrons. The zero-order valence-electron chi connectivity index (χ0n) is 15.0. The second-order valence-corrected chi connectivity index (χ2v) is 9.10. The van der Waals surface area contributed by atoms with Crippen LogP contribution < -0.4 is 0 Å². The lowest BCUT2D eigenvalue weighted by atomic mass is 9.44. The summed E-state index contributed by atoms with van der Waals surface area (Å²) in [6.07, 6.45) is 4.60. The lowest BCUT2D eigenvalue weighted by Gasteiger charge is -2.61. The first-order valence-corrected chi connectivity index (χ1v) is 9.16. The van der Waals surface area contributed by atoms with Crippen LogP contribution in [0.2, 0.25) is 0 Å². The van der Waals surface area contributed by atoms with Crippen LogP contribution in [-0.4, -0.2) is 28.2 Å². The third-order valence-corrected chi connectivity index (χ3v) is 8.33. The van der Waals surface area contributed by atoms with E-state index in [9.17, 15) is 15.0 Å². The Bertz CT molecular complexity index is 529. The van der Waals surface area contributed by atoms with E-state index in [-0.39, 0.29) is 17.3 Å². The largest absolute Gasteiger partial charge is 0.392 e. The van der Waals surface area contributed by atoms with Crippen molar-refractivity contribution in [3.05, 3.63) is 12.7 Å². The summed E-state index contributed by atoms with van der Waals surface area (Å²) in [6, 6.07) is 0. The first-order valence-electron chi connectivity index (χ1n) is 9.16. The molecular formula is C20H32O3. The molecule has 8 atom stereocenters. The summed E-state index contributed by atoms with van der Waals surface area (Å²) >= 11 is 0. The summed E-state index contributed by atoms with van der Waals surface area (Å²) in [5.41, 5.74) is -1.07. The molecule has 2 N–H and O–H groups in total.